The van der Waals surface area contributed by atoms with Crippen molar-refractivity contribution in [3.63, 3.8) is 0 Å². The number of amides is 2. The van der Waals surface area contributed by atoms with Gasteiger partial charge in [0.1, 0.15) is 6.54 Å². The monoisotopic (exact) mass is 363 g/mol. The van der Waals surface area contributed by atoms with Gasteiger partial charge in [-0.15, -0.1) is 0 Å². The minimum atomic E-state index is -0.0793. The van der Waals surface area contributed by atoms with E-state index >= 15 is 0 Å². The van der Waals surface area contributed by atoms with Gasteiger partial charge in [-0.05, 0) is 41.3 Å². The molecule has 2 aliphatic rings. The summed E-state index contributed by atoms with van der Waals surface area (Å²) < 4.78 is 0. The number of carbonyl (C=O) groups excluding carboxylic acids is 2. The average Bonchev–Trinajstić information content (AvgIpc) is 2.68. The molecule has 2 aliphatic heterocycles. The molecule has 1 fully saturated rings. The summed E-state index contributed by atoms with van der Waals surface area (Å²) in [6.07, 6.45) is 0. The molecule has 2 heterocycles. The average molecular weight is 363 g/mol. The van der Waals surface area contributed by atoms with Crippen LogP contribution in [0.3, 0.4) is 0 Å². The van der Waals surface area contributed by atoms with Crippen LogP contribution in [-0.2, 0) is 4.79 Å². The smallest absolute Gasteiger partial charge is 0.254 e. The van der Waals surface area contributed by atoms with Crippen LogP contribution in [0.2, 0.25) is 0 Å². The van der Waals surface area contributed by atoms with Crippen molar-refractivity contribution in [2.45, 2.75) is 18.9 Å². The molecule has 2 aromatic rings. The topological polar surface area (TPSA) is 43.9 Å². The second kappa shape index (κ2) is 6.72. The second-order valence-corrected chi connectivity index (χ2v) is 7.72. The highest BCUT2D eigenvalue weighted by Crippen LogP contribution is 2.38. The Morgan fingerprint density at radius 3 is 2.33 bits per heavy atom. The molecule has 140 valence electrons. The predicted octanol–water partition coefficient (Wildman–Crippen LogP) is 2.90. The second-order valence-electron chi connectivity index (χ2n) is 7.72. The highest BCUT2D eigenvalue weighted by atomic mass is 16.2. The fraction of sp³-hybridized carbons (Fsp3) is 0.364. The Bertz CT molecular complexity index is 875. The van der Waals surface area contributed by atoms with Gasteiger partial charge in [-0.1, -0.05) is 31.2 Å². The van der Waals surface area contributed by atoms with Gasteiger partial charge in [0.25, 0.3) is 5.91 Å². The normalized spacial score (nSPS) is 21.5. The summed E-state index contributed by atoms with van der Waals surface area (Å²) in [4.78, 5) is 31.5. The van der Waals surface area contributed by atoms with Gasteiger partial charge in [-0.3, -0.25) is 9.59 Å². The molecule has 0 aromatic heterocycles. The molecule has 2 unspecified atom stereocenters. The first-order valence-electron chi connectivity index (χ1n) is 9.40. The lowest BCUT2D eigenvalue weighted by Gasteiger charge is -2.46. The van der Waals surface area contributed by atoms with Crippen LogP contribution < -0.4 is 4.90 Å². The van der Waals surface area contributed by atoms with E-state index in [4.69, 9.17) is 0 Å². The number of nitrogens with zero attached hydrogens (tertiary/aromatic N) is 3. The van der Waals surface area contributed by atoms with Gasteiger partial charge in [-0.2, -0.15) is 0 Å². The maximum Gasteiger partial charge on any atom is 0.254 e. The molecule has 0 aliphatic carbocycles. The molecule has 2 atom stereocenters. The van der Waals surface area contributed by atoms with Crippen LogP contribution in [0.25, 0.3) is 0 Å². The fourth-order valence-electron chi connectivity index (χ4n) is 4.19. The Kier molecular flexibility index (Phi) is 4.38. The van der Waals surface area contributed by atoms with Crippen molar-refractivity contribution in [3.05, 3.63) is 65.2 Å². The quantitative estimate of drug-likeness (QED) is 0.824. The van der Waals surface area contributed by atoms with Gasteiger partial charge >= 0.3 is 0 Å². The summed E-state index contributed by atoms with van der Waals surface area (Å²) in [6, 6.07) is 15.8. The highest BCUT2D eigenvalue weighted by molar-refractivity contribution is 5.97. The van der Waals surface area contributed by atoms with Gasteiger partial charge in [0, 0.05) is 38.4 Å². The number of anilines is 1. The van der Waals surface area contributed by atoms with Gasteiger partial charge in [-0.25, -0.2) is 0 Å². The zero-order valence-electron chi connectivity index (χ0n) is 16.1. The Morgan fingerprint density at radius 2 is 1.67 bits per heavy atom. The number of hydrogen-bond donors (Lipinski definition) is 0. The van der Waals surface area contributed by atoms with E-state index in [1.807, 2.05) is 60.3 Å². The predicted molar refractivity (Wildman–Crippen MR) is 106 cm³/mol. The summed E-state index contributed by atoms with van der Waals surface area (Å²) in [6.45, 7) is 3.58. The molecule has 0 radical (unpaired) electrons. The van der Waals surface area contributed by atoms with Crippen LogP contribution >= 0.6 is 0 Å². The van der Waals surface area contributed by atoms with Gasteiger partial charge < -0.3 is 14.7 Å². The van der Waals surface area contributed by atoms with Crippen molar-refractivity contribution < 1.29 is 9.59 Å². The van der Waals surface area contributed by atoms with E-state index in [1.165, 1.54) is 11.1 Å². The Labute approximate surface area is 160 Å². The van der Waals surface area contributed by atoms with Crippen molar-refractivity contribution in [3.8, 4) is 0 Å². The molecule has 5 heteroatoms. The third-order valence-corrected chi connectivity index (χ3v) is 5.69. The first kappa shape index (κ1) is 17.6. The van der Waals surface area contributed by atoms with Crippen LogP contribution in [-0.4, -0.2) is 55.3 Å². The summed E-state index contributed by atoms with van der Waals surface area (Å²) in [5, 5.41) is 0. The van der Waals surface area contributed by atoms with E-state index in [-0.39, 0.29) is 24.4 Å². The van der Waals surface area contributed by atoms with Crippen LogP contribution in [0.5, 0.6) is 0 Å². The summed E-state index contributed by atoms with van der Waals surface area (Å²) in [5.41, 5.74) is 4.13. The van der Waals surface area contributed by atoms with E-state index in [9.17, 15) is 9.59 Å². The molecule has 27 heavy (non-hydrogen) atoms. The van der Waals surface area contributed by atoms with Crippen molar-refractivity contribution in [1.82, 2.24) is 9.80 Å². The van der Waals surface area contributed by atoms with E-state index < -0.39 is 0 Å². The van der Waals surface area contributed by atoms with E-state index in [2.05, 4.69) is 19.1 Å². The first-order valence-corrected chi connectivity index (χ1v) is 9.40. The van der Waals surface area contributed by atoms with Gasteiger partial charge in [0.15, 0.2) is 0 Å². The highest BCUT2D eigenvalue weighted by Gasteiger charge is 2.40. The Morgan fingerprint density at radius 1 is 1.00 bits per heavy atom. The number of fused-ring (bicyclic) bond motifs is 3. The minimum Gasteiger partial charge on any atom is -0.378 e. The number of piperazine rings is 1. The zero-order valence-corrected chi connectivity index (χ0v) is 16.1. The minimum absolute atomic E-state index is 0.0332. The van der Waals surface area contributed by atoms with Crippen molar-refractivity contribution in [1.29, 1.82) is 0 Å². The molecule has 2 aromatic carbocycles. The van der Waals surface area contributed by atoms with Crippen LogP contribution in [0.15, 0.2) is 48.5 Å². The number of benzene rings is 2. The zero-order chi connectivity index (χ0) is 19.1. The molecule has 0 N–H and O–H groups in total. The molecule has 1 saturated heterocycles. The lowest BCUT2D eigenvalue weighted by atomic mass is 9.85. The standard InChI is InChI=1S/C22H25N3O2/c1-15-12-25-20(19-7-5-4-6-18(15)19)13-24(14-21(25)26)22(27)16-8-10-17(11-9-16)23(2)3/h4-11,15,20H,12-14H2,1-3H3. The lowest BCUT2D eigenvalue weighted by Crippen LogP contribution is -2.56. The van der Waals surface area contributed by atoms with E-state index in [1.54, 1.807) is 4.90 Å². The molecule has 0 spiro atoms. The van der Waals surface area contributed by atoms with E-state index in [0.717, 1.165) is 12.2 Å². The van der Waals surface area contributed by atoms with Crippen molar-refractivity contribution in [2.24, 2.45) is 0 Å². The lowest BCUT2D eigenvalue weighted by molar-refractivity contribution is -0.139. The molecule has 5 nitrogen and oxygen atoms in total. The SMILES string of the molecule is CC1CN2C(=O)CN(C(=O)c3ccc(N(C)C)cc3)CC2c2ccccc21. The third kappa shape index (κ3) is 3.07. The number of hydrogen-bond acceptors (Lipinski definition) is 3. The van der Waals surface area contributed by atoms with Gasteiger partial charge in [0.05, 0.1) is 6.04 Å². The Balaban J connectivity index is 1.61. The third-order valence-electron chi connectivity index (χ3n) is 5.69. The van der Waals surface area contributed by atoms with Crippen LogP contribution in [0.4, 0.5) is 5.69 Å². The summed E-state index contributed by atoms with van der Waals surface area (Å²) in [7, 11) is 3.94. The van der Waals surface area contributed by atoms with Crippen molar-refractivity contribution >= 4 is 17.5 Å². The van der Waals surface area contributed by atoms with Crippen molar-refractivity contribution in [2.75, 3.05) is 38.6 Å². The summed E-state index contributed by atoms with van der Waals surface area (Å²) in [5.74, 6) is 0.275. The van der Waals surface area contributed by atoms with Crippen LogP contribution in [0, 0.1) is 0 Å². The molecule has 0 bridgehead atoms. The number of rotatable bonds is 2. The van der Waals surface area contributed by atoms with Crippen LogP contribution in [0.1, 0.15) is 40.4 Å². The Hall–Kier alpha value is -2.82. The number of carbonyl (C=O) groups is 2. The molecule has 4 rings (SSSR count). The largest absolute Gasteiger partial charge is 0.378 e. The summed E-state index contributed by atoms with van der Waals surface area (Å²) >= 11 is 0. The molecular weight excluding hydrogens is 338 g/mol. The molecule has 2 amide bonds. The maximum atomic E-state index is 13.0. The first-order chi connectivity index (χ1) is 13.0. The maximum absolute atomic E-state index is 13.0. The molecule has 0 saturated carbocycles. The fourth-order valence-corrected chi connectivity index (χ4v) is 4.19. The van der Waals surface area contributed by atoms with E-state index in [0.29, 0.717) is 18.0 Å². The molecular formula is C22H25N3O2. The van der Waals surface area contributed by atoms with Gasteiger partial charge in [0.2, 0.25) is 5.91 Å².